The molecule has 0 bridgehead atoms. The van der Waals surface area contributed by atoms with Gasteiger partial charge >= 0.3 is 0 Å². The van der Waals surface area contributed by atoms with E-state index in [0.717, 1.165) is 63.3 Å². The Bertz CT molecular complexity index is 3500. The Kier molecular flexibility index (Phi) is 11.2. The third-order valence-electron chi connectivity index (χ3n) is 13.6. The molecule has 334 valence electrons. The number of hydrogen-bond acceptors (Lipinski definition) is 4. The highest BCUT2D eigenvalue weighted by Crippen LogP contribution is 2.44. The summed E-state index contributed by atoms with van der Waals surface area (Å²) in [7, 11) is 0. The Morgan fingerprint density at radius 2 is 0.657 bits per heavy atom. The van der Waals surface area contributed by atoms with Crippen LogP contribution < -0.4 is 20.0 Å². The lowest BCUT2D eigenvalue weighted by atomic mass is 9.81. The van der Waals surface area contributed by atoms with Crippen molar-refractivity contribution in [2.24, 2.45) is 0 Å². The van der Waals surface area contributed by atoms with E-state index in [9.17, 15) is 0 Å². The molecule has 0 aromatic heterocycles. The number of nitrogens with one attached hydrogen (secondary N) is 1. The average molecular weight is 899 g/mol. The summed E-state index contributed by atoms with van der Waals surface area (Å²) < 4.78 is 0. The van der Waals surface area contributed by atoms with Crippen molar-refractivity contribution < 1.29 is 0 Å². The molecule has 0 heterocycles. The van der Waals surface area contributed by atoms with Gasteiger partial charge in [0.25, 0.3) is 0 Å². The minimum atomic E-state index is -0.486. The second-order valence-electron chi connectivity index (χ2n) is 18.0. The van der Waals surface area contributed by atoms with Crippen LogP contribution in [0.5, 0.6) is 0 Å². The van der Waals surface area contributed by atoms with Crippen molar-refractivity contribution in [1.82, 2.24) is 0 Å². The van der Waals surface area contributed by atoms with Crippen molar-refractivity contribution in [3.8, 4) is 0 Å². The van der Waals surface area contributed by atoms with Gasteiger partial charge in [0.15, 0.2) is 0 Å². The summed E-state index contributed by atoms with van der Waals surface area (Å²) in [6.45, 7) is 0. The molecular weight excluding hydrogens is 849 g/mol. The number of benzene rings is 11. The van der Waals surface area contributed by atoms with E-state index in [0.29, 0.717) is 0 Å². The van der Waals surface area contributed by atoms with Crippen LogP contribution in [-0.4, -0.2) is 0 Å². The van der Waals surface area contributed by atoms with Gasteiger partial charge in [-0.15, -0.1) is 0 Å². The van der Waals surface area contributed by atoms with E-state index in [1.54, 1.807) is 0 Å². The molecule has 1 N–H and O–H groups in total. The van der Waals surface area contributed by atoms with Crippen LogP contribution in [0.4, 0.5) is 51.2 Å². The molecular formula is C66H50N4. The Morgan fingerprint density at radius 1 is 0.300 bits per heavy atom. The monoisotopic (exact) mass is 898 g/mol. The van der Waals surface area contributed by atoms with Gasteiger partial charge in [-0.2, -0.15) is 0 Å². The van der Waals surface area contributed by atoms with E-state index in [-0.39, 0.29) is 0 Å². The van der Waals surface area contributed by atoms with Crippen LogP contribution >= 0.6 is 0 Å². The first-order valence-corrected chi connectivity index (χ1v) is 24.0. The van der Waals surface area contributed by atoms with E-state index in [1.165, 1.54) is 37.9 Å². The fourth-order valence-electron chi connectivity index (χ4n) is 10.0. The molecule has 70 heavy (non-hydrogen) atoms. The van der Waals surface area contributed by atoms with Gasteiger partial charge in [0, 0.05) is 56.9 Å². The maximum absolute atomic E-state index is 3.98. The van der Waals surface area contributed by atoms with E-state index in [4.69, 9.17) is 0 Å². The maximum Gasteiger partial charge on any atom is 0.0849 e. The summed E-state index contributed by atoms with van der Waals surface area (Å²) in [6.07, 6.45) is 7.78. The first-order valence-electron chi connectivity index (χ1n) is 24.0. The number of anilines is 9. The van der Waals surface area contributed by atoms with Gasteiger partial charge < -0.3 is 20.0 Å². The Labute approximate surface area is 410 Å². The number of para-hydroxylation sites is 3. The predicted molar refractivity (Wildman–Crippen MR) is 297 cm³/mol. The minimum Gasteiger partial charge on any atom is -0.372 e. The number of nitrogens with zero attached hydrogens (tertiary/aromatic N) is 3. The zero-order chi connectivity index (χ0) is 46.7. The third kappa shape index (κ3) is 8.33. The van der Waals surface area contributed by atoms with Gasteiger partial charge in [-0.1, -0.05) is 164 Å². The number of fused-ring (bicyclic) bond motifs is 3. The molecule has 4 nitrogen and oxygen atoms in total. The Hall–Kier alpha value is -9.12. The molecule has 0 saturated carbocycles. The molecule has 1 atom stereocenters. The summed E-state index contributed by atoms with van der Waals surface area (Å²) in [4.78, 5) is 7.07. The number of allylic oxidation sites excluding steroid dienone is 1. The summed E-state index contributed by atoms with van der Waals surface area (Å²) in [5.41, 5.74) is 11.6. The van der Waals surface area contributed by atoms with Crippen LogP contribution in [0.3, 0.4) is 0 Å². The maximum atomic E-state index is 3.98. The lowest BCUT2D eigenvalue weighted by Crippen LogP contribution is -2.35. The summed E-state index contributed by atoms with van der Waals surface area (Å²) >= 11 is 0. The Balaban J connectivity index is 0.960. The van der Waals surface area contributed by atoms with Gasteiger partial charge in [0.05, 0.1) is 5.54 Å². The van der Waals surface area contributed by atoms with Crippen molar-refractivity contribution in [2.45, 2.75) is 12.0 Å². The quantitative estimate of drug-likeness (QED) is 0.132. The predicted octanol–water partition coefficient (Wildman–Crippen LogP) is 18.1. The molecule has 0 aliphatic heterocycles. The number of rotatable bonds is 12. The van der Waals surface area contributed by atoms with Crippen LogP contribution in [0.2, 0.25) is 0 Å². The van der Waals surface area contributed by atoms with Crippen LogP contribution in [0, 0.1) is 0 Å². The SMILES string of the molecule is C1=CC(Nc2ccccc2)(c2ccc3ccccc3c2)CC=C1N(c1ccc(N(c2ccccc2)c2ccc3ccccc3c2)cc1)c1ccc(N(c2ccccc2)c2ccc3ccccc3c2)cc1. The molecule has 0 spiro atoms. The van der Waals surface area contributed by atoms with E-state index in [1.807, 2.05) is 0 Å². The normalized spacial score (nSPS) is 14.3. The van der Waals surface area contributed by atoms with E-state index < -0.39 is 5.54 Å². The van der Waals surface area contributed by atoms with Gasteiger partial charge in [0.2, 0.25) is 0 Å². The molecule has 11 aromatic rings. The van der Waals surface area contributed by atoms with Crippen molar-refractivity contribution in [3.05, 3.63) is 296 Å². The first kappa shape index (κ1) is 42.2. The molecule has 0 amide bonds. The van der Waals surface area contributed by atoms with Crippen molar-refractivity contribution in [2.75, 3.05) is 20.0 Å². The van der Waals surface area contributed by atoms with Crippen LogP contribution in [0.25, 0.3) is 32.3 Å². The van der Waals surface area contributed by atoms with Gasteiger partial charge in [-0.3, -0.25) is 0 Å². The highest BCUT2D eigenvalue weighted by atomic mass is 15.2. The van der Waals surface area contributed by atoms with Crippen LogP contribution in [0.1, 0.15) is 12.0 Å². The lowest BCUT2D eigenvalue weighted by Gasteiger charge is -2.37. The van der Waals surface area contributed by atoms with E-state index >= 15 is 0 Å². The van der Waals surface area contributed by atoms with E-state index in [2.05, 4.69) is 305 Å². The molecule has 4 heteroatoms. The second-order valence-corrected chi connectivity index (χ2v) is 18.0. The lowest BCUT2D eigenvalue weighted by molar-refractivity contribution is 0.614. The third-order valence-corrected chi connectivity index (χ3v) is 13.6. The fourth-order valence-corrected chi connectivity index (χ4v) is 10.0. The van der Waals surface area contributed by atoms with Crippen molar-refractivity contribution >= 4 is 83.5 Å². The number of hydrogen-bond donors (Lipinski definition) is 1. The summed E-state index contributed by atoms with van der Waals surface area (Å²) in [5.74, 6) is 0. The topological polar surface area (TPSA) is 21.8 Å². The zero-order valence-electron chi connectivity index (χ0n) is 38.7. The van der Waals surface area contributed by atoms with Crippen LogP contribution in [-0.2, 0) is 5.54 Å². The smallest absolute Gasteiger partial charge is 0.0849 e. The molecule has 0 fully saturated rings. The standard InChI is InChI=1S/C66H50N4/c1-4-22-56(23-5-1)67-66(55-31-28-49-16-10-13-19-52(49)46-55)44-42-63(43-45-66)68(59-34-38-61(39-35-59)69(57-24-6-2-7-25-57)64-32-29-50-17-11-14-20-53(50)47-64)60-36-40-62(41-37-60)70(58-26-8-3-9-27-58)65-33-30-51-18-12-15-21-54(51)48-65/h1-44,46-48,67H,45H2. The fraction of sp³-hybridized carbons (Fsp3) is 0.0303. The van der Waals surface area contributed by atoms with Crippen LogP contribution in [0.15, 0.2) is 291 Å². The molecule has 0 saturated heterocycles. The molecule has 12 rings (SSSR count). The van der Waals surface area contributed by atoms with Gasteiger partial charge in [0.1, 0.15) is 0 Å². The van der Waals surface area contributed by atoms with Crippen molar-refractivity contribution in [1.29, 1.82) is 0 Å². The average Bonchev–Trinajstić information content (AvgIpc) is 3.43. The summed E-state index contributed by atoms with van der Waals surface area (Å²) in [5, 5.41) is 11.3. The Morgan fingerprint density at radius 3 is 1.10 bits per heavy atom. The molecule has 1 aliphatic carbocycles. The van der Waals surface area contributed by atoms with Gasteiger partial charge in [-0.25, -0.2) is 0 Å². The highest BCUT2D eigenvalue weighted by Gasteiger charge is 2.32. The summed E-state index contributed by atoms with van der Waals surface area (Å²) in [6, 6.07) is 95.9. The molecule has 1 aliphatic rings. The molecule has 1 unspecified atom stereocenters. The minimum absolute atomic E-state index is 0.486. The zero-order valence-corrected chi connectivity index (χ0v) is 38.7. The van der Waals surface area contributed by atoms with Crippen molar-refractivity contribution in [3.63, 3.8) is 0 Å². The largest absolute Gasteiger partial charge is 0.372 e. The molecule has 0 radical (unpaired) electrons. The van der Waals surface area contributed by atoms with Gasteiger partial charge in [-0.05, 0) is 166 Å². The molecule has 11 aromatic carbocycles. The first-order chi connectivity index (χ1) is 34.6. The second kappa shape index (κ2) is 18.5. The highest BCUT2D eigenvalue weighted by molar-refractivity contribution is 5.91.